The number of nitrogens with one attached hydrogen (secondary N) is 1. The van der Waals surface area contributed by atoms with Crippen molar-refractivity contribution in [3.05, 3.63) is 46.0 Å². The number of rotatable bonds is 1. The highest BCUT2D eigenvalue weighted by molar-refractivity contribution is 6.30. The monoisotopic (exact) mass is 247 g/mol. The molecule has 0 aliphatic heterocycles. The van der Waals surface area contributed by atoms with Crippen LogP contribution in [-0.4, -0.2) is 25.0 Å². The number of aromatic amines is 1. The van der Waals surface area contributed by atoms with Crippen LogP contribution in [0.25, 0.3) is 16.9 Å². The maximum absolute atomic E-state index is 11.4. The number of halogens is 1. The third-order valence-corrected chi connectivity index (χ3v) is 2.61. The summed E-state index contributed by atoms with van der Waals surface area (Å²) in [5.41, 5.74) is 1.05. The quantitative estimate of drug-likeness (QED) is 0.700. The van der Waals surface area contributed by atoms with Gasteiger partial charge in [-0.3, -0.25) is 9.36 Å². The van der Waals surface area contributed by atoms with E-state index in [4.69, 9.17) is 11.6 Å². The molecule has 0 unspecified atom stereocenters. The lowest BCUT2D eigenvalue weighted by molar-refractivity contribution is 0.938. The van der Waals surface area contributed by atoms with Crippen LogP contribution in [0.3, 0.4) is 0 Å². The lowest BCUT2D eigenvalue weighted by Crippen LogP contribution is -2.11. The highest BCUT2D eigenvalue weighted by atomic mass is 35.5. The topological polar surface area (TPSA) is 76.5 Å². The molecule has 2 heterocycles. The SMILES string of the molecule is O=c1ncn(-c2ccc(Cl)cc2)c2n[nH]nc12. The molecular weight excluding hydrogens is 242 g/mol. The molecule has 6 nitrogen and oxygen atoms in total. The smallest absolute Gasteiger partial charge is 0.282 e. The normalized spacial score (nSPS) is 10.9. The zero-order valence-electron chi connectivity index (χ0n) is 8.46. The molecule has 1 N–H and O–H groups in total. The molecule has 0 aliphatic carbocycles. The molecule has 0 atom stereocenters. The molecule has 84 valence electrons. The Morgan fingerprint density at radius 3 is 2.71 bits per heavy atom. The van der Waals surface area contributed by atoms with Crippen LogP contribution < -0.4 is 5.56 Å². The fourth-order valence-electron chi connectivity index (χ4n) is 1.55. The van der Waals surface area contributed by atoms with Gasteiger partial charge in [0.15, 0.2) is 11.2 Å². The Morgan fingerprint density at radius 2 is 1.94 bits per heavy atom. The van der Waals surface area contributed by atoms with Crippen molar-refractivity contribution in [2.45, 2.75) is 0 Å². The van der Waals surface area contributed by atoms with Gasteiger partial charge in [-0.2, -0.15) is 10.2 Å². The summed E-state index contributed by atoms with van der Waals surface area (Å²) in [4.78, 5) is 15.1. The van der Waals surface area contributed by atoms with Gasteiger partial charge in [0.05, 0.1) is 0 Å². The molecule has 0 aliphatic rings. The Hall–Kier alpha value is -2.21. The maximum Gasteiger partial charge on any atom is 0.302 e. The molecular formula is C10H6ClN5O. The van der Waals surface area contributed by atoms with Crippen LogP contribution in [-0.2, 0) is 0 Å². The maximum atomic E-state index is 11.4. The van der Waals surface area contributed by atoms with Crippen molar-refractivity contribution < 1.29 is 0 Å². The molecule has 17 heavy (non-hydrogen) atoms. The van der Waals surface area contributed by atoms with Gasteiger partial charge in [-0.05, 0) is 24.3 Å². The fraction of sp³-hybridized carbons (Fsp3) is 0. The van der Waals surface area contributed by atoms with Gasteiger partial charge in [-0.15, -0.1) is 10.2 Å². The Morgan fingerprint density at radius 1 is 1.18 bits per heavy atom. The standard InChI is InChI=1S/C10H6ClN5O/c11-6-1-3-7(4-2-6)16-5-12-10(17)8-9(16)14-15-13-8/h1-5H,(H,13,14,15). The van der Waals surface area contributed by atoms with Crippen LogP contribution >= 0.6 is 11.6 Å². The number of hydrogen-bond acceptors (Lipinski definition) is 4. The predicted octanol–water partition coefficient (Wildman–Crippen LogP) is 1.16. The van der Waals surface area contributed by atoms with E-state index >= 15 is 0 Å². The van der Waals surface area contributed by atoms with Gasteiger partial charge in [-0.1, -0.05) is 11.6 Å². The average Bonchev–Trinajstić information content (AvgIpc) is 2.81. The Labute approximate surface area is 99.9 Å². The van der Waals surface area contributed by atoms with Crippen LogP contribution in [0.15, 0.2) is 35.4 Å². The Bertz CT molecular complexity index is 730. The fourth-order valence-corrected chi connectivity index (χ4v) is 1.68. The number of nitrogens with zero attached hydrogens (tertiary/aromatic N) is 4. The first-order valence-electron chi connectivity index (χ1n) is 4.80. The second kappa shape index (κ2) is 3.67. The summed E-state index contributed by atoms with van der Waals surface area (Å²) in [7, 11) is 0. The lowest BCUT2D eigenvalue weighted by atomic mass is 10.3. The predicted molar refractivity (Wildman–Crippen MR) is 62.3 cm³/mol. The molecule has 3 rings (SSSR count). The minimum Gasteiger partial charge on any atom is -0.282 e. The van der Waals surface area contributed by atoms with Crippen molar-refractivity contribution in [2.75, 3.05) is 0 Å². The van der Waals surface area contributed by atoms with Crippen molar-refractivity contribution in [2.24, 2.45) is 0 Å². The van der Waals surface area contributed by atoms with E-state index in [2.05, 4.69) is 20.4 Å². The molecule has 0 radical (unpaired) electrons. The van der Waals surface area contributed by atoms with Crippen LogP contribution in [0.5, 0.6) is 0 Å². The first kappa shape index (κ1) is 9.98. The largest absolute Gasteiger partial charge is 0.302 e. The molecule has 0 bridgehead atoms. The number of benzene rings is 1. The zero-order valence-corrected chi connectivity index (χ0v) is 9.22. The van der Waals surface area contributed by atoms with Gasteiger partial charge in [0, 0.05) is 10.7 Å². The van der Waals surface area contributed by atoms with Crippen molar-refractivity contribution in [1.82, 2.24) is 25.0 Å². The van der Waals surface area contributed by atoms with E-state index in [9.17, 15) is 4.79 Å². The first-order chi connectivity index (χ1) is 8.25. The van der Waals surface area contributed by atoms with Gasteiger partial charge >= 0.3 is 5.56 Å². The summed E-state index contributed by atoms with van der Waals surface area (Å²) < 4.78 is 1.66. The van der Waals surface area contributed by atoms with Crippen LogP contribution in [0.2, 0.25) is 5.02 Å². The third-order valence-electron chi connectivity index (χ3n) is 2.36. The molecule has 1 aromatic carbocycles. The van der Waals surface area contributed by atoms with E-state index in [1.54, 1.807) is 16.7 Å². The van der Waals surface area contributed by atoms with Crippen LogP contribution in [0, 0.1) is 0 Å². The van der Waals surface area contributed by atoms with E-state index in [0.29, 0.717) is 10.7 Å². The number of hydrogen-bond donors (Lipinski definition) is 1. The molecule has 2 aromatic heterocycles. The lowest BCUT2D eigenvalue weighted by Gasteiger charge is -2.05. The van der Waals surface area contributed by atoms with Crippen molar-refractivity contribution >= 4 is 22.8 Å². The molecule has 0 saturated carbocycles. The first-order valence-corrected chi connectivity index (χ1v) is 5.17. The molecule has 3 aromatic rings. The summed E-state index contributed by atoms with van der Waals surface area (Å²) in [5.74, 6) is 0. The Kier molecular flexibility index (Phi) is 2.15. The van der Waals surface area contributed by atoms with E-state index in [1.807, 2.05) is 12.1 Å². The number of aromatic nitrogens is 5. The van der Waals surface area contributed by atoms with E-state index in [1.165, 1.54) is 6.33 Å². The summed E-state index contributed by atoms with van der Waals surface area (Å²) in [5, 5.41) is 10.7. The van der Waals surface area contributed by atoms with E-state index < -0.39 is 5.56 Å². The van der Waals surface area contributed by atoms with Gasteiger partial charge in [0.25, 0.3) is 0 Å². The molecule has 0 saturated heterocycles. The summed E-state index contributed by atoms with van der Waals surface area (Å²) in [6, 6.07) is 7.12. The molecule has 0 spiro atoms. The van der Waals surface area contributed by atoms with Gasteiger partial charge in [0.2, 0.25) is 0 Å². The summed E-state index contributed by atoms with van der Waals surface area (Å²) in [6.07, 6.45) is 1.41. The third kappa shape index (κ3) is 1.58. The second-order valence-corrected chi connectivity index (χ2v) is 3.83. The minimum atomic E-state index is -0.404. The summed E-state index contributed by atoms with van der Waals surface area (Å²) >= 11 is 5.81. The van der Waals surface area contributed by atoms with Crippen molar-refractivity contribution in [1.29, 1.82) is 0 Å². The highest BCUT2D eigenvalue weighted by Crippen LogP contribution is 2.15. The second-order valence-electron chi connectivity index (χ2n) is 3.39. The average molecular weight is 248 g/mol. The molecule has 7 heteroatoms. The van der Waals surface area contributed by atoms with Gasteiger partial charge in [0.1, 0.15) is 6.33 Å². The summed E-state index contributed by atoms with van der Waals surface area (Å²) in [6.45, 7) is 0. The van der Waals surface area contributed by atoms with Crippen LogP contribution in [0.1, 0.15) is 0 Å². The number of fused-ring (bicyclic) bond motifs is 1. The van der Waals surface area contributed by atoms with Gasteiger partial charge < -0.3 is 0 Å². The highest BCUT2D eigenvalue weighted by Gasteiger charge is 2.08. The molecule has 0 fully saturated rings. The van der Waals surface area contributed by atoms with Crippen molar-refractivity contribution in [3.8, 4) is 5.69 Å². The minimum absolute atomic E-state index is 0.211. The van der Waals surface area contributed by atoms with Crippen LogP contribution in [0.4, 0.5) is 0 Å². The van der Waals surface area contributed by atoms with E-state index in [0.717, 1.165) is 5.69 Å². The van der Waals surface area contributed by atoms with E-state index in [-0.39, 0.29) is 5.52 Å². The van der Waals surface area contributed by atoms with Gasteiger partial charge in [-0.25, -0.2) is 0 Å². The zero-order chi connectivity index (χ0) is 11.8. The molecule has 0 amide bonds. The number of H-pyrrole nitrogens is 1. The van der Waals surface area contributed by atoms with Crippen molar-refractivity contribution in [3.63, 3.8) is 0 Å². The Balaban J connectivity index is 2.31.